The molecule has 0 saturated carbocycles. The van der Waals surface area contributed by atoms with Gasteiger partial charge in [0.2, 0.25) is 5.88 Å². The molecule has 0 aliphatic rings. The van der Waals surface area contributed by atoms with Gasteiger partial charge < -0.3 is 20.5 Å². The standard InChI is InChI=1S/C21H22ClFN4O2S/c1-2-24-21(27-13-17(28)18-7-8-19(22)30-18)26-12-14-9-10-25-20(11-14)29-16-5-3-15(23)4-6-16/h3-11,17,28H,2,12-13H2,1H3,(H2,24,26,27). The van der Waals surface area contributed by atoms with Crippen LogP contribution in [0.5, 0.6) is 11.6 Å². The highest BCUT2D eigenvalue weighted by molar-refractivity contribution is 7.16. The Morgan fingerprint density at radius 2 is 2.03 bits per heavy atom. The average Bonchev–Trinajstić information content (AvgIpc) is 3.18. The Morgan fingerprint density at radius 1 is 1.23 bits per heavy atom. The predicted octanol–water partition coefficient (Wildman–Crippen LogP) is 4.52. The van der Waals surface area contributed by atoms with Gasteiger partial charge in [0, 0.05) is 30.2 Å². The lowest BCUT2D eigenvalue weighted by Gasteiger charge is -2.14. The molecule has 158 valence electrons. The van der Waals surface area contributed by atoms with Gasteiger partial charge in [0.25, 0.3) is 0 Å². The Kier molecular flexibility index (Phi) is 8.01. The molecule has 2 heterocycles. The van der Waals surface area contributed by atoms with Crippen molar-refractivity contribution in [3.63, 3.8) is 0 Å². The molecule has 0 amide bonds. The number of benzene rings is 1. The van der Waals surface area contributed by atoms with Crippen molar-refractivity contribution < 1.29 is 14.2 Å². The van der Waals surface area contributed by atoms with Crippen LogP contribution in [0.25, 0.3) is 0 Å². The Hall–Kier alpha value is -2.68. The highest BCUT2D eigenvalue weighted by Gasteiger charge is 2.11. The number of aromatic nitrogens is 1. The molecule has 0 saturated heterocycles. The van der Waals surface area contributed by atoms with Crippen molar-refractivity contribution in [3.8, 4) is 11.6 Å². The third kappa shape index (κ3) is 6.69. The predicted molar refractivity (Wildman–Crippen MR) is 118 cm³/mol. The van der Waals surface area contributed by atoms with Crippen LogP contribution >= 0.6 is 22.9 Å². The smallest absolute Gasteiger partial charge is 0.219 e. The molecule has 6 nitrogen and oxygen atoms in total. The second-order valence-electron chi connectivity index (χ2n) is 6.29. The largest absolute Gasteiger partial charge is 0.439 e. The zero-order valence-corrected chi connectivity index (χ0v) is 17.9. The van der Waals surface area contributed by atoms with Gasteiger partial charge in [-0.05, 0) is 55.0 Å². The number of ether oxygens (including phenoxy) is 1. The minimum absolute atomic E-state index is 0.304. The van der Waals surface area contributed by atoms with Crippen LogP contribution in [-0.2, 0) is 6.54 Å². The minimum atomic E-state index is -0.678. The Labute approximate surface area is 183 Å². The number of aliphatic hydroxyl groups is 1. The van der Waals surface area contributed by atoms with E-state index in [1.807, 2.05) is 19.1 Å². The van der Waals surface area contributed by atoms with Crippen molar-refractivity contribution in [1.29, 1.82) is 0 Å². The molecule has 0 fully saturated rings. The molecule has 0 radical (unpaired) electrons. The number of hydrogen-bond donors (Lipinski definition) is 3. The van der Waals surface area contributed by atoms with Crippen molar-refractivity contribution in [3.05, 3.63) is 75.3 Å². The number of guanidine groups is 1. The second kappa shape index (κ2) is 10.9. The van der Waals surface area contributed by atoms with Gasteiger partial charge in [0.05, 0.1) is 10.9 Å². The molecule has 0 bridgehead atoms. The van der Waals surface area contributed by atoms with Gasteiger partial charge in [-0.25, -0.2) is 14.4 Å². The minimum Gasteiger partial charge on any atom is -0.439 e. The Bertz CT molecular complexity index is 981. The first-order valence-electron chi connectivity index (χ1n) is 9.37. The number of halogens is 2. The van der Waals surface area contributed by atoms with E-state index in [0.29, 0.717) is 41.6 Å². The highest BCUT2D eigenvalue weighted by atomic mass is 35.5. The summed E-state index contributed by atoms with van der Waals surface area (Å²) in [7, 11) is 0. The summed E-state index contributed by atoms with van der Waals surface area (Å²) in [6.07, 6.45) is 0.955. The fourth-order valence-corrected chi connectivity index (χ4v) is 3.59. The quantitative estimate of drug-likeness (QED) is 0.349. The number of aliphatic hydroxyl groups excluding tert-OH is 1. The summed E-state index contributed by atoms with van der Waals surface area (Å²) in [6, 6.07) is 12.9. The molecule has 30 heavy (non-hydrogen) atoms. The number of hydrogen-bond acceptors (Lipinski definition) is 5. The SMILES string of the molecule is CCNC(=NCc1ccnc(Oc2ccc(F)cc2)c1)NCC(O)c1ccc(Cl)s1. The van der Waals surface area contributed by atoms with Gasteiger partial charge in [-0.15, -0.1) is 11.3 Å². The van der Waals surface area contributed by atoms with E-state index in [-0.39, 0.29) is 5.82 Å². The van der Waals surface area contributed by atoms with Gasteiger partial charge in [-0.3, -0.25) is 0 Å². The maximum atomic E-state index is 13.0. The fraction of sp³-hybridized carbons (Fsp3) is 0.238. The molecule has 2 aromatic heterocycles. The van der Waals surface area contributed by atoms with E-state index < -0.39 is 6.10 Å². The van der Waals surface area contributed by atoms with Crippen LogP contribution in [0.1, 0.15) is 23.5 Å². The summed E-state index contributed by atoms with van der Waals surface area (Å²) in [5.74, 6) is 1.16. The number of rotatable bonds is 8. The van der Waals surface area contributed by atoms with E-state index in [1.54, 1.807) is 30.5 Å². The average molecular weight is 449 g/mol. The molecular formula is C21H22ClFN4O2S. The van der Waals surface area contributed by atoms with Crippen LogP contribution in [0.4, 0.5) is 4.39 Å². The molecule has 1 unspecified atom stereocenters. The van der Waals surface area contributed by atoms with Gasteiger partial charge in [0.15, 0.2) is 5.96 Å². The van der Waals surface area contributed by atoms with Crippen LogP contribution < -0.4 is 15.4 Å². The van der Waals surface area contributed by atoms with Gasteiger partial charge in [0.1, 0.15) is 17.7 Å². The lowest BCUT2D eigenvalue weighted by Crippen LogP contribution is -2.39. The van der Waals surface area contributed by atoms with Gasteiger partial charge in [-0.2, -0.15) is 0 Å². The van der Waals surface area contributed by atoms with E-state index in [1.165, 1.54) is 23.5 Å². The van der Waals surface area contributed by atoms with Crippen LogP contribution in [0.3, 0.4) is 0 Å². The van der Waals surface area contributed by atoms with Crippen LogP contribution in [0.15, 0.2) is 59.7 Å². The fourth-order valence-electron chi connectivity index (χ4n) is 2.54. The molecule has 1 atom stereocenters. The molecular weight excluding hydrogens is 427 g/mol. The second-order valence-corrected chi connectivity index (χ2v) is 8.04. The summed E-state index contributed by atoms with van der Waals surface area (Å²) in [5.41, 5.74) is 0.893. The molecule has 3 aromatic rings. The molecule has 9 heteroatoms. The maximum absolute atomic E-state index is 13.0. The number of nitrogens with one attached hydrogen (secondary N) is 2. The summed E-state index contributed by atoms with van der Waals surface area (Å²) < 4.78 is 19.3. The monoisotopic (exact) mass is 448 g/mol. The first-order valence-corrected chi connectivity index (χ1v) is 10.6. The molecule has 3 rings (SSSR count). The molecule has 0 aliphatic heterocycles. The van der Waals surface area contributed by atoms with E-state index >= 15 is 0 Å². The van der Waals surface area contributed by atoms with E-state index in [4.69, 9.17) is 16.3 Å². The lowest BCUT2D eigenvalue weighted by molar-refractivity contribution is 0.184. The zero-order valence-electron chi connectivity index (χ0n) is 16.3. The maximum Gasteiger partial charge on any atom is 0.219 e. The van der Waals surface area contributed by atoms with Crippen LogP contribution in [0, 0.1) is 5.82 Å². The van der Waals surface area contributed by atoms with E-state index in [9.17, 15) is 9.50 Å². The van der Waals surface area contributed by atoms with Crippen molar-refractivity contribution in [1.82, 2.24) is 15.6 Å². The van der Waals surface area contributed by atoms with Gasteiger partial charge >= 0.3 is 0 Å². The summed E-state index contributed by atoms with van der Waals surface area (Å²) in [4.78, 5) is 9.51. The van der Waals surface area contributed by atoms with Crippen LogP contribution in [0.2, 0.25) is 4.34 Å². The third-order valence-corrected chi connectivity index (χ3v) is 5.32. The van der Waals surface area contributed by atoms with Crippen molar-refractivity contribution >= 4 is 28.9 Å². The number of nitrogens with zero attached hydrogens (tertiary/aromatic N) is 2. The summed E-state index contributed by atoms with van der Waals surface area (Å²) in [6.45, 7) is 3.34. The Balaban J connectivity index is 1.60. The molecule has 0 aliphatic carbocycles. The first-order chi connectivity index (χ1) is 14.5. The molecule has 1 aromatic carbocycles. The van der Waals surface area contributed by atoms with Crippen molar-refractivity contribution in [2.24, 2.45) is 4.99 Å². The lowest BCUT2D eigenvalue weighted by atomic mass is 10.2. The Morgan fingerprint density at radius 3 is 2.73 bits per heavy atom. The summed E-state index contributed by atoms with van der Waals surface area (Å²) >= 11 is 7.27. The zero-order chi connectivity index (χ0) is 21.3. The number of pyridine rings is 1. The van der Waals surface area contributed by atoms with E-state index in [0.717, 1.165) is 10.4 Å². The van der Waals surface area contributed by atoms with Crippen molar-refractivity contribution in [2.45, 2.75) is 19.6 Å². The third-order valence-electron chi connectivity index (χ3n) is 3.98. The summed E-state index contributed by atoms with van der Waals surface area (Å²) in [5, 5.41) is 16.6. The van der Waals surface area contributed by atoms with Gasteiger partial charge in [-0.1, -0.05) is 11.6 Å². The first kappa shape index (κ1) is 22.0. The van der Waals surface area contributed by atoms with E-state index in [2.05, 4.69) is 20.6 Å². The number of aliphatic imine (C=N–C) groups is 1. The molecule has 3 N–H and O–H groups in total. The van der Waals surface area contributed by atoms with Crippen molar-refractivity contribution in [2.75, 3.05) is 13.1 Å². The number of thiophene rings is 1. The van der Waals surface area contributed by atoms with Crippen LogP contribution in [-0.4, -0.2) is 29.1 Å². The normalized spacial score (nSPS) is 12.5. The molecule has 0 spiro atoms. The highest BCUT2D eigenvalue weighted by Crippen LogP contribution is 2.26. The topological polar surface area (TPSA) is 78.8 Å².